The minimum absolute atomic E-state index is 0.114. The van der Waals surface area contributed by atoms with Gasteiger partial charge in [-0.05, 0) is 27.2 Å². The quantitative estimate of drug-likeness (QED) is 0.529. The van der Waals surface area contributed by atoms with Gasteiger partial charge in [0.15, 0.2) is 0 Å². The summed E-state index contributed by atoms with van der Waals surface area (Å²) in [6.45, 7) is 12.4. The first-order valence-corrected chi connectivity index (χ1v) is 9.22. The molecule has 0 saturated heterocycles. The van der Waals surface area contributed by atoms with Crippen LogP contribution in [0.5, 0.6) is 11.5 Å². The topological polar surface area (TPSA) is 104 Å². The molecule has 9 heteroatoms. The van der Waals surface area contributed by atoms with E-state index in [-0.39, 0.29) is 5.41 Å². The Kier molecular flexibility index (Phi) is 5.30. The molecule has 3 aromatic heterocycles. The molecule has 0 atom stereocenters. The van der Waals surface area contributed by atoms with Crippen LogP contribution in [-0.2, 0) is 5.41 Å². The Hall–Kier alpha value is -2.71. The van der Waals surface area contributed by atoms with Gasteiger partial charge < -0.3 is 9.31 Å². The van der Waals surface area contributed by atoms with E-state index in [1.807, 2.05) is 20.8 Å². The maximum absolute atomic E-state index is 6.24. The summed E-state index contributed by atoms with van der Waals surface area (Å²) in [5.74, 6) is 1.28. The van der Waals surface area contributed by atoms with Crippen molar-refractivity contribution in [2.75, 3.05) is 0 Å². The van der Waals surface area contributed by atoms with E-state index in [9.17, 15) is 0 Å². The van der Waals surface area contributed by atoms with E-state index in [1.54, 1.807) is 12.4 Å². The smallest absolute Gasteiger partial charge is 0.519 e. The van der Waals surface area contributed by atoms with Gasteiger partial charge in [0.05, 0.1) is 34.9 Å². The molecule has 0 saturated carbocycles. The minimum atomic E-state index is -0.678. The van der Waals surface area contributed by atoms with Crippen LogP contribution in [-0.4, -0.2) is 37.7 Å². The van der Waals surface area contributed by atoms with E-state index in [4.69, 9.17) is 9.31 Å². The molecule has 3 N–H and O–H groups in total. The molecule has 0 fully saturated rings. The van der Waals surface area contributed by atoms with Gasteiger partial charge in [-0.3, -0.25) is 15.3 Å². The van der Waals surface area contributed by atoms with E-state index in [0.717, 1.165) is 41.1 Å². The normalized spacial score (nSPS) is 11.6. The van der Waals surface area contributed by atoms with Crippen molar-refractivity contribution in [2.45, 2.75) is 59.8 Å². The summed E-state index contributed by atoms with van der Waals surface area (Å²) < 4.78 is 12.5. The highest BCUT2D eigenvalue weighted by molar-refractivity contribution is 6.63. The standard InChI is InChI=1S/C18H27BN6O2/c1-7-8-18(5,6)17-16(13(4)24-25-17)19(26-14-9-20-22-11(14)2)27-15-10-21-23-12(15)3/h9-10H,7-8H2,1-6H3,(H,20,22)(H,21,23)(H,24,25). The Morgan fingerprint density at radius 3 is 1.93 bits per heavy atom. The number of hydrogen-bond donors (Lipinski definition) is 3. The fraction of sp³-hybridized carbons (Fsp3) is 0.500. The van der Waals surface area contributed by atoms with Crippen LogP contribution in [0, 0.1) is 20.8 Å². The number of nitrogens with zero attached hydrogens (tertiary/aromatic N) is 3. The highest BCUT2D eigenvalue weighted by atomic mass is 16.6. The van der Waals surface area contributed by atoms with Crippen LogP contribution in [0.1, 0.15) is 56.4 Å². The highest BCUT2D eigenvalue weighted by Crippen LogP contribution is 2.27. The zero-order valence-corrected chi connectivity index (χ0v) is 16.8. The molecule has 0 aromatic carbocycles. The Bertz CT molecular complexity index is 855. The Morgan fingerprint density at radius 2 is 1.48 bits per heavy atom. The van der Waals surface area contributed by atoms with Gasteiger partial charge in [0, 0.05) is 11.1 Å². The first kappa shape index (κ1) is 19.1. The predicted molar refractivity (Wildman–Crippen MR) is 105 cm³/mol. The predicted octanol–water partition coefficient (Wildman–Crippen LogP) is 2.71. The molecule has 3 aromatic rings. The van der Waals surface area contributed by atoms with Gasteiger partial charge in [0.1, 0.15) is 11.5 Å². The average molecular weight is 370 g/mol. The molecule has 0 aliphatic heterocycles. The third kappa shape index (κ3) is 3.86. The summed E-state index contributed by atoms with van der Waals surface area (Å²) in [5, 5.41) is 21.6. The number of aromatic amines is 3. The molecule has 8 nitrogen and oxygen atoms in total. The molecule has 0 radical (unpaired) electrons. The number of nitrogens with one attached hydrogen (secondary N) is 3. The fourth-order valence-electron chi connectivity index (χ4n) is 3.27. The molecule has 0 unspecified atom stereocenters. The first-order valence-electron chi connectivity index (χ1n) is 9.22. The van der Waals surface area contributed by atoms with Crippen molar-refractivity contribution in [3.05, 3.63) is 35.2 Å². The lowest BCUT2D eigenvalue weighted by molar-refractivity contribution is 0.428. The maximum Gasteiger partial charge on any atom is 0.636 e. The van der Waals surface area contributed by atoms with Gasteiger partial charge in [-0.2, -0.15) is 15.3 Å². The molecule has 3 heterocycles. The molecule has 0 aliphatic rings. The highest BCUT2D eigenvalue weighted by Gasteiger charge is 2.39. The van der Waals surface area contributed by atoms with Gasteiger partial charge >= 0.3 is 7.12 Å². The van der Waals surface area contributed by atoms with E-state index in [1.165, 1.54) is 0 Å². The van der Waals surface area contributed by atoms with Crippen LogP contribution in [0.15, 0.2) is 12.4 Å². The monoisotopic (exact) mass is 370 g/mol. The van der Waals surface area contributed by atoms with Crippen molar-refractivity contribution in [2.24, 2.45) is 0 Å². The van der Waals surface area contributed by atoms with Gasteiger partial charge in [0.25, 0.3) is 0 Å². The van der Waals surface area contributed by atoms with Crippen molar-refractivity contribution in [3.8, 4) is 11.5 Å². The second-order valence-corrected chi connectivity index (χ2v) is 7.53. The van der Waals surface area contributed by atoms with Gasteiger partial charge in [-0.25, -0.2) is 0 Å². The lowest BCUT2D eigenvalue weighted by Gasteiger charge is -2.25. The van der Waals surface area contributed by atoms with Crippen molar-refractivity contribution in [1.82, 2.24) is 30.6 Å². The number of H-pyrrole nitrogens is 3. The summed E-state index contributed by atoms with van der Waals surface area (Å²) in [5.41, 5.74) is 4.34. The first-order chi connectivity index (χ1) is 12.8. The van der Waals surface area contributed by atoms with E-state index in [0.29, 0.717) is 11.5 Å². The second-order valence-electron chi connectivity index (χ2n) is 7.53. The molecular formula is C18H27BN6O2. The summed E-state index contributed by atoms with van der Waals surface area (Å²) in [6, 6.07) is 0. The summed E-state index contributed by atoms with van der Waals surface area (Å²) in [6.07, 6.45) is 5.37. The van der Waals surface area contributed by atoms with Crippen molar-refractivity contribution in [1.29, 1.82) is 0 Å². The van der Waals surface area contributed by atoms with Crippen LogP contribution in [0.25, 0.3) is 0 Å². The SMILES string of the molecule is CCCC(C)(C)c1n[nH]c(C)c1B(Oc1cn[nH]c1C)Oc1cn[nH]c1C. The van der Waals surface area contributed by atoms with Crippen LogP contribution in [0.3, 0.4) is 0 Å². The molecular weight excluding hydrogens is 343 g/mol. The van der Waals surface area contributed by atoms with Crippen molar-refractivity contribution >= 4 is 12.6 Å². The summed E-state index contributed by atoms with van der Waals surface area (Å²) in [4.78, 5) is 0. The molecule has 3 rings (SSSR count). The Labute approximate surface area is 159 Å². The van der Waals surface area contributed by atoms with Gasteiger partial charge in [-0.1, -0.05) is 27.2 Å². The number of hydrogen-bond acceptors (Lipinski definition) is 5. The molecule has 144 valence electrons. The number of rotatable bonds is 8. The zero-order chi connectivity index (χ0) is 19.6. The van der Waals surface area contributed by atoms with Gasteiger partial charge in [0.2, 0.25) is 0 Å². The van der Waals surface area contributed by atoms with Crippen LogP contribution < -0.4 is 14.8 Å². The minimum Gasteiger partial charge on any atom is -0.519 e. The lowest BCUT2D eigenvalue weighted by Crippen LogP contribution is -2.47. The van der Waals surface area contributed by atoms with Crippen LogP contribution in [0.2, 0.25) is 0 Å². The average Bonchev–Trinajstić information content (AvgIpc) is 3.29. The van der Waals surface area contributed by atoms with E-state index in [2.05, 4.69) is 51.4 Å². The Balaban J connectivity index is 2.04. The van der Waals surface area contributed by atoms with Gasteiger partial charge in [-0.15, -0.1) is 0 Å². The van der Waals surface area contributed by atoms with Crippen LogP contribution >= 0.6 is 0 Å². The third-order valence-corrected chi connectivity index (χ3v) is 4.78. The number of aryl methyl sites for hydroxylation is 3. The van der Waals surface area contributed by atoms with E-state index < -0.39 is 7.12 Å². The third-order valence-electron chi connectivity index (χ3n) is 4.78. The molecule has 0 spiro atoms. The second kappa shape index (κ2) is 7.50. The van der Waals surface area contributed by atoms with Crippen LogP contribution in [0.4, 0.5) is 0 Å². The largest absolute Gasteiger partial charge is 0.636 e. The zero-order valence-electron chi connectivity index (χ0n) is 16.8. The maximum atomic E-state index is 6.24. The molecule has 0 amide bonds. The fourth-order valence-corrected chi connectivity index (χ4v) is 3.27. The Morgan fingerprint density at radius 1 is 0.926 bits per heavy atom. The van der Waals surface area contributed by atoms with Crippen molar-refractivity contribution < 1.29 is 9.31 Å². The summed E-state index contributed by atoms with van der Waals surface area (Å²) >= 11 is 0. The molecule has 27 heavy (non-hydrogen) atoms. The van der Waals surface area contributed by atoms with Crippen molar-refractivity contribution in [3.63, 3.8) is 0 Å². The lowest BCUT2D eigenvalue weighted by atomic mass is 9.70. The number of aromatic nitrogens is 6. The van der Waals surface area contributed by atoms with E-state index >= 15 is 0 Å². The summed E-state index contributed by atoms with van der Waals surface area (Å²) in [7, 11) is -0.678. The molecule has 0 bridgehead atoms. The molecule has 0 aliphatic carbocycles.